The van der Waals surface area contributed by atoms with E-state index >= 15 is 0 Å². The summed E-state index contributed by atoms with van der Waals surface area (Å²) in [5, 5.41) is 0.661. The van der Waals surface area contributed by atoms with E-state index in [9.17, 15) is 8.42 Å². The van der Waals surface area contributed by atoms with Gasteiger partial charge in [-0.05, 0) is 18.2 Å². The molecule has 1 aliphatic heterocycles. The maximum atomic E-state index is 11.9. The van der Waals surface area contributed by atoms with E-state index in [-0.39, 0.29) is 0 Å². The largest absolute Gasteiger partial charge is 0.284 e. The first-order valence-electron chi connectivity index (χ1n) is 7.22. The van der Waals surface area contributed by atoms with Gasteiger partial charge in [0.25, 0.3) is 10.0 Å². The predicted molar refractivity (Wildman–Crippen MR) is 86.0 cm³/mol. The number of sulfonamides is 1. The van der Waals surface area contributed by atoms with Crippen LogP contribution in [0.5, 0.6) is 0 Å². The highest BCUT2D eigenvalue weighted by molar-refractivity contribution is 8.15. The van der Waals surface area contributed by atoms with Crippen LogP contribution in [0.1, 0.15) is 51.0 Å². The molecule has 0 N–H and O–H groups in total. The molecule has 0 fully saturated rings. The van der Waals surface area contributed by atoms with Crippen molar-refractivity contribution in [3.8, 4) is 0 Å². The van der Waals surface area contributed by atoms with E-state index in [4.69, 9.17) is 0 Å². The fraction of sp³-hybridized carbons (Fsp3) is 0.533. The topological polar surface area (TPSA) is 46.5 Å². The van der Waals surface area contributed by atoms with Crippen LogP contribution in [0.25, 0.3) is 0 Å². The minimum Gasteiger partial charge on any atom is -0.199 e. The molecule has 0 saturated heterocycles. The molecule has 0 radical (unpaired) electrons. The summed E-state index contributed by atoms with van der Waals surface area (Å²) >= 11 is 1.56. The Hall–Kier alpha value is -0.810. The van der Waals surface area contributed by atoms with Crippen molar-refractivity contribution in [2.45, 2.75) is 50.3 Å². The Labute approximate surface area is 125 Å². The van der Waals surface area contributed by atoms with Gasteiger partial charge in [-0.1, -0.05) is 57.2 Å². The summed E-state index contributed by atoms with van der Waals surface area (Å²) in [5.41, 5.74) is 0.767. The second-order valence-electron chi connectivity index (χ2n) is 4.98. The van der Waals surface area contributed by atoms with E-state index in [0.717, 1.165) is 17.7 Å². The standard InChI is InChI=1S/C15H21NO2S2/c1-2-3-4-5-6-9-12-19-15-13-10-7-8-11-14(13)20(17,18)16-15/h7-8,10-11H,2-6,9,12H2,1H3. The van der Waals surface area contributed by atoms with Gasteiger partial charge in [-0.2, -0.15) is 12.8 Å². The highest BCUT2D eigenvalue weighted by Crippen LogP contribution is 2.31. The lowest BCUT2D eigenvalue weighted by Crippen LogP contribution is -1.94. The van der Waals surface area contributed by atoms with Crippen molar-refractivity contribution in [2.75, 3.05) is 5.75 Å². The SMILES string of the molecule is CCCCCCCCSC1=NS(=O)(=O)c2ccccc21. The van der Waals surface area contributed by atoms with E-state index < -0.39 is 10.0 Å². The highest BCUT2D eigenvalue weighted by Gasteiger charge is 2.28. The van der Waals surface area contributed by atoms with E-state index in [0.29, 0.717) is 9.94 Å². The normalized spacial score (nSPS) is 15.9. The third-order valence-electron chi connectivity index (χ3n) is 3.34. The Balaban J connectivity index is 1.83. The van der Waals surface area contributed by atoms with Crippen molar-refractivity contribution in [3.05, 3.63) is 29.8 Å². The molecule has 5 heteroatoms. The molecule has 0 bridgehead atoms. The second kappa shape index (κ2) is 7.27. The Bertz CT molecular complexity index is 579. The zero-order chi connectivity index (χ0) is 14.4. The number of hydrogen-bond donors (Lipinski definition) is 0. The molecule has 20 heavy (non-hydrogen) atoms. The third-order valence-corrected chi connectivity index (χ3v) is 5.86. The molecular weight excluding hydrogens is 290 g/mol. The molecule has 110 valence electrons. The minimum absolute atomic E-state index is 0.352. The van der Waals surface area contributed by atoms with Crippen molar-refractivity contribution >= 4 is 26.8 Å². The lowest BCUT2D eigenvalue weighted by Gasteiger charge is -2.02. The quantitative estimate of drug-likeness (QED) is 0.708. The summed E-state index contributed by atoms with van der Waals surface area (Å²) in [5.74, 6) is 0.939. The number of thioether (sulfide) groups is 1. The van der Waals surface area contributed by atoms with E-state index in [1.165, 1.54) is 32.1 Å². The Kier molecular flexibility index (Phi) is 5.66. The molecule has 0 saturated carbocycles. The molecule has 0 amide bonds. The highest BCUT2D eigenvalue weighted by atomic mass is 32.2. The van der Waals surface area contributed by atoms with Gasteiger partial charge in [-0.3, -0.25) is 0 Å². The summed E-state index contributed by atoms with van der Waals surface area (Å²) in [6.07, 6.45) is 7.49. The smallest absolute Gasteiger partial charge is 0.199 e. The van der Waals surface area contributed by atoms with Crippen molar-refractivity contribution in [3.63, 3.8) is 0 Å². The zero-order valence-corrected chi connectivity index (χ0v) is 13.5. The van der Waals surface area contributed by atoms with Crippen molar-refractivity contribution in [1.82, 2.24) is 0 Å². The number of benzene rings is 1. The van der Waals surface area contributed by atoms with Gasteiger partial charge < -0.3 is 0 Å². The number of fused-ring (bicyclic) bond motifs is 1. The lowest BCUT2D eigenvalue weighted by atomic mass is 10.1. The molecule has 0 atom stereocenters. The maximum Gasteiger partial charge on any atom is 0.284 e. The van der Waals surface area contributed by atoms with E-state index in [1.54, 1.807) is 23.9 Å². The summed E-state index contributed by atoms with van der Waals surface area (Å²) in [6.45, 7) is 2.21. The number of unbranched alkanes of at least 4 members (excludes halogenated alkanes) is 5. The van der Waals surface area contributed by atoms with Crippen LogP contribution in [0.15, 0.2) is 33.6 Å². The monoisotopic (exact) mass is 311 g/mol. The predicted octanol–water partition coefficient (Wildman–Crippen LogP) is 4.23. The number of nitrogens with zero attached hydrogens (tertiary/aromatic N) is 1. The summed E-state index contributed by atoms with van der Waals surface area (Å²) in [6, 6.07) is 7.08. The van der Waals surface area contributed by atoms with E-state index in [1.807, 2.05) is 12.1 Å². The van der Waals surface area contributed by atoms with Crippen LogP contribution in [0.4, 0.5) is 0 Å². The molecule has 0 aromatic heterocycles. The third kappa shape index (κ3) is 3.85. The van der Waals surface area contributed by atoms with Gasteiger partial charge in [0.15, 0.2) is 0 Å². The van der Waals surface area contributed by atoms with Crippen LogP contribution in [-0.4, -0.2) is 19.2 Å². The molecular formula is C15H21NO2S2. The molecule has 1 aromatic carbocycles. The average molecular weight is 311 g/mol. The maximum absolute atomic E-state index is 11.9. The molecule has 0 aliphatic carbocycles. The van der Waals surface area contributed by atoms with Gasteiger partial charge in [-0.25, -0.2) is 0 Å². The van der Waals surface area contributed by atoms with Crippen molar-refractivity contribution in [2.24, 2.45) is 4.40 Å². The Morgan fingerprint density at radius 1 is 1.05 bits per heavy atom. The van der Waals surface area contributed by atoms with Crippen molar-refractivity contribution < 1.29 is 8.42 Å². The van der Waals surface area contributed by atoms with Gasteiger partial charge in [0.2, 0.25) is 0 Å². The van der Waals surface area contributed by atoms with Crippen molar-refractivity contribution in [1.29, 1.82) is 0 Å². The first kappa shape index (κ1) is 15.6. The second-order valence-corrected chi connectivity index (χ2v) is 7.64. The molecule has 1 aromatic rings. The molecule has 2 rings (SSSR count). The average Bonchev–Trinajstić information content (AvgIpc) is 2.70. The molecule has 1 aliphatic rings. The minimum atomic E-state index is -3.44. The van der Waals surface area contributed by atoms with Crippen LogP contribution >= 0.6 is 11.8 Å². The van der Waals surface area contributed by atoms with Crippen LogP contribution < -0.4 is 0 Å². The zero-order valence-electron chi connectivity index (χ0n) is 11.8. The van der Waals surface area contributed by atoms with Crippen LogP contribution in [0.3, 0.4) is 0 Å². The van der Waals surface area contributed by atoms with Gasteiger partial charge in [0, 0.05) is 5.56 Å². The summed E-state index contributed by atoms with van der Waals surface area (Å²) in [4.78, 5) is 0.352. The Morgan fingerprint density at radius 2 is 1.75 bits per heavy atom. The number of rotatable bonds is 7. The summed E-state index contributed by atoms with van der Waals surface area (Å²) < 4.78 is 27.6. The fourth-order valence-electron chi connectivity index (χ4n) is 2.23. The van der Waals surface area contributed by atoms with Gasteiger partial charge >= 0.3 is 0 Å². The molecule has 0 spiro atoms. The van der Waals surface area contributed by atoms with Crippen LogP contribution in [0.2, 0.25) is 0 Å². The van der Waals surface area contributed by atoms with E-state index in [2.05, 4.69) is 11.3 Å². The van der Waals surface area contributed by atoms with Gasteiger partial charge in [0.1, 0.15) is 5.04 Å². The first-order valence-corrected chi connectivity index (χ1v) is 9.65. The van der Waals surface area contributed by atoms with Crippen LogP contribution in [0, 0.1) is 0 Å². The molecule has 0 unspecified atom stereocenters. The molecule has 3 nitrogen and oxygen atoms in total. The summed E-state index contributed by atoms with van der Waals surface area (Å²) in [7, 11) is -3.44. The molecule has 1 heterocycles. The van der Waals surface area contributed by atoms with Gasteiger partial charge in [0.05, 0.1) is 4.90 Å². The van der Waals surface area contributed by atoms with Crippen LogP contribution in [-0.2, 0) is 10.0 Å². The fourth-order valence-corrected chi connectivity index (χ4v) is 4.78. The first-order chi connectivity index (χ1) is 9.65. The Morgan fingerprint density at radius 3 is 2.55 bits per heavy atom. The van der Waals surface area contributed by atoms with Gasteiger partial charge in [-0.15, -0.1) is 11.8 Å². The number of hydrogen-bond acceptors (Lipinski definition) is 3. The lowest BCUT2D eigenvalue weighted by molar-refractivity contribution is 0.599.